The fourth-order valence-electron chi connectivity index (χ4n) is 2.19. The van der Waals surface area contributed by atoms with Crippen molar-refractivity contribution in [3.63, 3.8) is 0 Å². The topological polar surface area (TPSA) is 33.1 Å². The van der Waals surface area contributed by atoms with Crippen molar-refractivity contribution in [2.75, 3.05) is 0 Å². The number of para-hydroxylation sites is 1. The highest BCUT2D eigenvalue weighted by molar-refractivity contribution is 5.82. The second kappa shape index (κ2) is 5.17. The van der Waals surface area contributed by atoms with Gasteiger partial charge < -0.3 is 5.11 Å². The minimum absolute atomic E-state index is 0.233. The van der Waals surface area contributed by atoms with Gasteiger partial charge in [0.25, 0.3) is 0 Å². The first-order valence-electron chi connectivity index (χ1n) is 6.56. The molecule has 0 amide bonds. The highest BCUT2D eigenvalue weighted by atomic mass is 16.3. The summed E-state index contributed by atoms with van der Waals surface area (Å²) in [5, 5.41) is 11.3. The number of fused-ring (bicyclic) bond motifs is 1. The first-order valence-corrected chi connectivity index (χ1v) is 6.56. The van der Waals surface area contributed by atoms with Crippen LogP contribution in [0.5, 0.6) is 0 Å². The van der Waals surface area contributed by atoms with Crippen LogP contribution in [-0.2, 0) is 0 Å². The summed E-state index contributed by atoms with van der Waals surface area (Å²) < 4.78 is 0. The molecule has 2 heteroatoms. The average molecular weight is 261 g/mol. The van der Waals surface area contributed by atoms with Crippen molar-refractivity contribution in [2.45, 2.75) is 6.92 Å². The molecule has 0 bridgehead atoms. The number of pyridine rings is 1. The predicted molar refractivity (Wildman–Crippen MR) is 83.4 cm³/mol. The van der Waals surface area contributed by atoms with Gasteiger partial charge >= 0.3 is 0 Å². The van der Waals surface area contributed by atoms with Crippen LogP contribution < -0.4 is 0 Å². The molecule has 0 saturated heterocycles. The summed E-state index contributed by atoms with van der Waals surface area (Å²) in [5.41, 5.74) is 3.61. The third-order valence-corrected chi connectivity index (χ3v) is 3.22. The van der Waals surface area contributed by atoms with Crippen molar-refractivity contribution in [2.24, 2.45) is 0 Å². The molecular formula is C18H15NO. The van der Waals surface area contributed by atoms with Crippen LogP contribution >= 0.6 is 0 Å². The van der Waals surface area contributed by atoms with E-state index in [4.69, 9.17) is 0 Å². The van der Waals surface area contributed by atoms with E-state index in [9.17, 15) is 5.11 Å². The molecule has 1 aromatic heterocycles. The van der Waals surface area contributed by atoms with Gasteiger partial charge in [0.05, 0.1) is 11.2 Å². The van der Waals surface area contributed by atoms with Crippen LogP contribution in [0.2, 0.25) is 0 Å². The van der Waals surface area contributed by atoms with Gasteiger partial charge in [0.1, 0.15) is 5.76 Å². The van der Waals surface area contributed by atoms with E-state index in [1.54, 1.807) is 6.08 Å². The minimum atomic E-state index is 0.233. The van der Waals surface area contributed by atoms with Gasteiger partial charge in [0.2, 0.25) is 0 Å². The van der Waals surface area contributed by atoms with E-state index in [1.165, 1.54) is 0 Å². The molecule has 0 saturated carbocycles. The number of aliphatic hydroxyl groups is 1. The van der Waals surface area contributed by atoms with Gasteiger partial charge in [0, 0.05) is 17.0 Å². The number of hydrogen-bond donors (Lipinski definition) is 1. The predicted octanol–water partition coefficient (Wildman–Crippen LogP) is 4.60. The van der Waals surface area contributed by atoms with E-state index in [1.807, 2.05) is 67.6 Å². The number of benzene rings is 2. The Morgan fingerprint density at radius 1 is 1.00 bits per heavy atom. The molecule has 3 aromatic rings. The van der Waals surface area contributed by atoms with Crippen molar-refractivity contribution in [3.05, 3.63) is 77.5 Å². The quantitative estimate of drug-likeness (QED) is 0.684. The zero-order valence-corrected chi connectivity index (χ0v) is 11.2. The molecule has 0 fully saturated rings. The maximum atomic E-state index is 10.2. The molecular weight excluding hydrogens is 246 g/mol. The summed E-state index contributed by atoms with van der Waals surface area (Å²) in [6.07, 6.45) is 1.70. The first kappa shape index (κ1) is 12.4. The van der Waals surface area contributed by atoms with Crippen LogP contribution in [0.15, 0.2) is 60.7 Å². The van der Waals surface area contributed by atoms with Crippen LogP contribution in [0.1, 0.15) is 16.8 Å². The van der Waals surface area contributed by atoms with E-state index >= 15 is 0 Å². The van der Waals surface area contributed by atoms with E-state index in [2.05, 4.69) is 4.98 Å². The molecule has 0 atom stereocenters. The van der Waals surface area contributed by atoms with Crippen molar-refractivity contribution >= 4 is 22.7 Å². The monoisotopic (exact) mass is 261 g/mol. The van der Waals surface area contributed by atoms with E-state index < -0.39 is 0 Å². The molecule has 2 nitrogen and oxygen atoms in total. The number of aromatic nitrogens is 1. The standard InChI is InChI=1S/C18H15NO/c1-13-5-4-7-15(11-13)18(20)12-16-10-9-14-6-2-3-8-17(14)19-16/h2-12,20H,1H3/b18-12-. The van der Waals surface area contributed by atoms with Gasteiger partial charge in [0.15, 0.2) is 0 Å². The number of hydrogen-bond acceptors (Lipinski definition) is 2. The Hall–Kier alpha value is -2.61. The van der Waals surface area contributed by atoms with Gasteiger partial charge in [-0.15, -0.1) is 0 Å². The number of nitrogens with zero attached hydrogens (tertiary/aromatic N) is 1. The van der Waals surface area contributed by atoms with Gasteiger partial charge in [-0.2, -0.15) is 0 Å². The molecule has 1 heterocycles. The summed E-state index contributed by atoms with van der Waals surface area (Å²) in [7, 11) is 0. The number of aryl methyl sites for hydroxylation is 1. The van der Waals surface area contributed by atoms with Crippen molar-refractivity contribution in [1.82, 2.24) is 4.98 Å². The molecule has 0 aliphatic heterocycles. The lowest BCUT2D eigenvalue weighted by Gasteiger charge is -2.03. The maximum Gasteiger partial charge on any atom is 0.124 e. The summed E-state index contributed by atoms with van der Waals surface area (Å²) in [6.45, 7) is 2.01. The van der Waals surface area contributed by atoms with Crippen LogP contribution in [0.4, 0.5) is 0 Å². The smallest absolute Gasteiger partial charge is 0.124 e. The molecule has 1 N–H and O–H groups in total. The van der Waals surface area contributed by atoms with Crippen molar-refractivity contribution < 1.29 is 5.11 Å². The number of aliphatic hydroxyl groups excluding tert-OH is 1. The van der Waals surface area contributed by atoms with Crippen LogP contribution in [0, 0.1) is 6.92 Å². The fourth-order valence-corrected chi connectivity index (χ4v) is 2.19. The average Bonchev–Trinajstić information content (AvgIpc) is 2.47. The lowest BCUT2D eigenvalue weighted by molar-refractivity contribution is 0.515. The third-order valence-electron chi connectivity index (χ3n) is 3.22. The largest absolute Gasteiger partial charge is 0.507 e. The Kier molecular flexibility index (Phi) is 3.21. The van der Waals surface area contributed by atoms with E-state index in [0.29, 0.717) is 0 Å². The van der Waals surface area contributed by atoms with Crippen LogP contribution in [0.3, 0.4) is 0 Å². The lowest BCUT2D eigenvalue weighted by Crippen LogP contribution is -1.87. The van der Waals surface area contributed by atoms with Crippen molar-refractivity contribution in [3.8, 4) is 0 Å². The third kappa shape index (κ3) is 2.54. The van der Waals surface area contributed by atoms with Gasteiger partial charge in [-0.1, -0.05) is 48.0 Å². The normalized spacial score (nSPS) is 11.8. The summed E-state index contributed by atoms with van der Waals surface area (Å²) >= 11 is 0. The Labute approximate surface area is 118 Å². The van der Waals surface area contributed by atoms with E-state index in [0.717, 1.165) is 27.7 Å². The SMILES string of the molecule is Cc1cccc(/C(O)=C/c2ccc3ccccc3n2)c1. The van der Waals surface area contributed by atoms with Gasteiger partial charge in [-0.05, 0) is 25.1 Å². The zero-order chi connectivity index (χ0) is 13.9. The molecule has 0 spiro atoms. The van der Waals surface area contributed by atoms with Crippen LogP contribution in [-0.4, -0.2) is 10.1 Å². The summed E-state index contributed by atoms with van der Waals surface area (Å²) in [4.78, 5) is 4.53. The molecule has 0 aliphatic rings. The Morgan fingerprint density at radius 2 is 1.85 bits per heavy atom. The molecule has 0 radical (unpaired) electrons. The Morgan fingerprint density at radius 3 is 2.70 bits per heavy atom. The molecule has 3 rings (SSSR count). The van der Waals surface area contributed by atoms with Gasteiger partial charge in [-0.3, -0.25) is 0 Å². The number of rotatable bonds is 2. The molecule has 98 valence electrons. The molecule has 0 aliphatic carbocycles. The fraction of sp³-hybridized carbons (Fsp3) is 0.0556. The molecule has 2 aromatic carbocycles. The second-order valence-corrected chi connectivity index (χ2v) is 4.83. The molecule has 20 heavy (non-hydrogen) atoms. The lowest BCUT2D eigenvalue weighted by atomic mass is 10.1. The summed E-state index contributed by atoms with van der Waals surface area (Å²) in [6, 6.07) is 19.6. The van der Waals surface area contributed by atoms with E-state index in [-0.39, 0.29) is 5.76 Å². The Bertz CT molecular complexity index is 790. The maximum absolute atomic E-state index is 10.2. The second-order valence-electron chi connectivity index (χ2n) is 4.83. The minimum Gasteiger partial charge on any atom is -0.507 e. The van der Waals surface area contributed by atoms with Crippen molar-refractivity contribution in [1.29, 1.82) is 0 Å². The highest BCUT2D eigenvalue weighted by Crippen LogP contribution is 2.18. The van der Waals surface area contributed by atoms with Crippen LogP contribution in [0.25, 0.3) is 22.7 Å². The highest BCUT2D eigenvalue weighted by Gasteiger charge is 2.01. The molecule has 0 unspecified atom stereocenters. The van der Waals surface area contributed by atoms with Gasteiger partial charge in [-0.25, -0.2) is 4.98 Å². The Balaban J connectivity index is 2.00. The summed E-state index contributed by atoms with van der Waals surface area (Å²) in [5.74, 6) is 0.233. The zero-order valence-electron chi connectivity index (χ0n) is 11.2. The first-order chi connectivity index (χ1) is 9.72.